The minimum Gasteiger partial charge on any atom is -0.314 e. The largest absolute Gasteiger partial charge is 0.314 e. The molecule has 0 fully saturated rings. The predicted molar refractivity (Wildman–Crippen MR) is 50.6 cm³/mol. The second-order valence-electron chi connectivity index (χ2n) is 2.60. The summed E-state index contributed by atoms with van der Waals surface area (Å²) in [5.41, 5.74) is 0.195. The van der Waals surface area contributed by atoms with E-state index < -0.39 is 5.73 Å². The van der Waals surface area contributed by atoms with Gasteiger partial charge in [-0.1, -0.05) is 12.1 Å². The molecule has 1 amide bonds. The van der Waals surface area contributed by atoms with Gasteiger partial charge in [0.15, 0.2) is 0 Å². The molecule has 0 aromatic heterocycles. The summed E-state index contributed by atoms with van der Waals surface area (Å²) in [6, 6.07) is 7.65. The van der Waals surface area contributed by atoms with Crippen molar-refractivity contribution in [3.05, 3.63) is 24.3 Å². The highest BCUT2D eigenvalue weighted by molar-refractivity contribution is 8.00. The number of hydrogen-bond donors (Lipinski definition) is 0. The Morgan fingerprint density at radius 1 is 1.58 bits per heavy atom. The third-order valence-corrected chi connectivity index (χ3v) is 2.76. The number of carbonyl (C=O) groups is 1. The number of rotatable bonds is 0. The van der Waals surface area contributed by atoms with Crippen LogP contribution in [-0.4, -0.2) is 18.7 Å². The molecule has 0 saturated heterocycles. The lowest BCUT2D eigenvalue weighted by molar-refractivity contribution is -0.116. The Labute approximate surface area is 77.0 Å². The lowest BCUT2D eigenvalue weighted by Crippen LogP contribution is -2.31. The van der Waals surface area contributed by atoms with E-state index in [4.69, 9.17) is 1.37 Å². The van der Waals surface area contributed by atoms with Crippen molar-refractivity contribution in [1.29, 1.82) is 0 Å². The van der Waals surface area contributed by atoms with Gasteiger partial charge in [-0.3, -0.25) is 4.79 Å². The molecule has 0 bridgehead atoms. The van der Waals surface area contributed by atoms with Crippen molar-refractivity contribution in [3.63, 3.8) is 0 Å². The van der Waals surface area contributed by atoms with E-state index >= 15 is 0 Å². The van der Waals surface area contributed by atoms with Crippen LogP contribution in [0, 0.1) is 0 Å². The predicted octanol–water partition coefficient (Wildman–Crippen LogP) is 1.76. The van der Waals surface area contributed by atoms with Gasteiger partial charge >= 0.3 is 0 Å². The summed E-state index contributed by atoms with van der Waals surface area (Å²) in [5.74, 6) is -0.149. The van der Waals surface area contributed by atoms with Crippen LogP contribution >= 0.6 is 11.8 Å². The maximum absolute atomic E-state index is 11.4. The van der Waals surface area contributed by atoms with Crippen LogP contribution in [0.5, 0.6) is 0 Å². The Bertz CT molecular complexity index is 355. The molecule has 1 aromatic rings. The van der Waals surface area contributed by atoms with Crippen molar-refractivity contribution in [1.82, 2.24) is 0 Å². The van der Waals surface area contributed by atoms with Gasteiger partial charge in [-0.05, 0) is 12.1 Å². The van der Waals surface area contributed by atoms with Crippen molar-refractivity contribution < 1.29 is 6.17 Å². The monoisotopic (exact) mass is 180 g/mol. The molecule has 1 aromatic carbocycles. The molecule has 0 N–H and O–H groups in total. The molecule has 2 nitrogen and oxygen atoms in total. The molecule has 0 aliphatic carbocycles. The first-order valence-corrected chi connectivity index (χ1v) is 4.53. The molecule has 0 saturated carbocycles. The molecule has 0 radical (unpaired) electrons. The molecular weight excluding hydrogens is 170 g/mol. The molecule has 1 aliphatic heterocycles. The maximum Gasteiger partial charge on any atom is 0.237 e. The van der Waals surface area contributed by atoms with Gasteiger partial charge in [0.2, 0.25) is 5.91 Å². The fourth-order valence-electron chi connectivity index (χ4n) is 1.15. The first-order valence-electron chi connectivity index (χ1n) is 4.23. The second-order valence-corrected chi connectivity index (χ2v) is 3.51. The normalized spacial score (nSPS) is 23.4. The van der Waals surface area contributed by atoms with E-state index in [0.717, 1.165) is 10.6 Å². The van der Waals surface area contributed by atoms with E-state index in [2.05, 4.69) is 0 Å². The molecule has 62 valence electrons. The highest BCUT2D eigenvalue weighted by Gasteiger charge is 2.19. The number of para-hydroxylation sites is 1. The fraction of sp³-hybridized carbons (Fsp3) is 0.222. The lowest BCUT2D eigenvalue weighted by Gasteiger charge is -2.24. The van der Waals surface area contributed by atoms with Gasteiger partial charge in [0, 0.05) is 13.3 Å². The van der Waals surface area contributed by atoms with Gasteiger partial charge in [-0.15, -0.1) is 11.8 Å². The SMILES string of the molecule is [2H]C1Sc2ccccc2N(C)C1=O. The average Bonchev–Trinajstić information content (AvgIpc) is 2.15. The van der Waals surface area contributed by atoms with Gasteiger partial charge in [0.25, 0.3) is 0 Å². The number of hydrogen-bond acceptors (Lipinski definition) is 2. The molecule has 1 heterocycles. The van der Waals surface area contributed by atoms with E-state index in [1.165, 1.54) is 11.8 Å². The zero-order chi connectivity index (χ0) is 9.42. The summed E-state index contributed by atoms with van der Waals surface area (Å²) < 4.78 is 7.51. The van der Waals surface area contributed by atoms with E-state index in [1.807, 2.05) is 24.3 Å². The molecule has 1 atom stereocenters. The Kier molecular flexibility index (Phi) is 1.54. The van der Waals surface area contributed by atoms with Crippen molar-refractivity contribution >= 4 is 23.4 Å². The summed E-state index contributed by atoms with van der Waals surface area (Å²) >= 11 is 1.30. The smallest absolute Gasteiger partial charge is 0.237 e. The highest BCUT2D eigenvalue weighted by Crippen LogP contribution is 2.33. The first-order chi connectivity index (χ1) is 6.20. The lowest BCUT2D eigenvalue weighted by atomic mass is 10.3. The standard InChI is InChI=1S/C9H9NOS/c1-10-7-4-2-3-5-8(7)12-6-9(10)11/h2-5H,6H2,1H3/i6D. The second kappa shape index (κ2) is 2.83. The Morgan fingerprint density at radius 3 is 3.17 bits per heavy atom. The van der Waals surface area contributed by atoms with Gasteiger partial charge in [0.05, 0.1) is 11.4 Å². The number of fused-ring (bicyclic) bond motifs is 1. The number of thioether (sulfide) groups is 1. The molecule has 0 spiro atoms. The zero-order valence-electron chi connectivity index (χ0n) is 7.65. The number of anilines is 1. The molecule has 1 aliphatic rings. The summed E-state index contributed by atoms with van der Waals surface area (Å²) in [6.45, 7) is 0. The van der Waals surface area contributed by atoms with Crippen LogP contribution in [0.15, 0.2) is 29.2 Å². The van der Waals surface area contributed by atoms with Gasteiger partial charge in [0.1, 0.15) is 0 Å². The topological polar surface area (TPSA) is 20.3 Å². The summed E-state index contributed by atoms with van der Waals surface area (Å²) in [7, 11) is 1.71. The Hall–Kier alpha value is -0.960. The minimum atomic E-state index is -0.708. The summed E-state index contributed by atoms with van der Waals surface area (Å²) in [4.78, 5) is 14.0. The molecule has 1 unspecified atom stereocenters. The molecule has 2 rings (SSSR count). The number of amides is 1. The van der Waals surface area contributed by atoms with Crippen LogP contribution in [0.1, 0.15) is 1.37 Å². The zero-order valence-corrected chi connectivity index (χ0v) is 7.47. The molecular formula is C9H9NOS. The highest BCUT2D eigenvalue weighted by atomic mass is 32.2. The number of benzene rings is 1. The number of nitrogens with zero attached hydrogens (tertiary/aromatic N) is 1. The first kappa shape index (κ1) is 6.54. The van der Waals surface area contributed by atoms with Crippen molar-refractivity contribution in [2.75, 3.05) is 17.7 Å². The van der Waals surface area contributed by atoms with Crippen LogP contribution in [0.4, 0.5) is 5.69 Å². The average molecular weight is 180 g/mol. The maximum atomic E-state index is 11.4. The van der Waals surface area contributed by atoms with Crippen molar-refractivity contribution in [2.45, 2.75) is 4.90 Å². The quantitative estimate of drug-likeness (QED) is 0.606. The van der Waals surface area contributed by atoms with Crippen LogP contribution in [0.2, 0.25) is 0 Å². The fourth-order valence-corrected chi connectivity index (χ4v) is 2.01. The Balaban J connectivity index is 2.49. The van der Waals surface area contributed by atoms with E-state index in [-0.39, 0.29) is 5.91 Å². The van der Waals surface area contributed by atoms with E-state index in [9.17, 15) is 4.79 Å². The summed E-state index contributed by atoms with van der Waals surface area (Å²) in [5, 5.41) is 0. The van der Waals surface area contributed by atoms with E-state index in [0.29, 0.717) is 0 Å². The Morgan fingerprint density at radius 2 is 2.33 bits per heavy atom. The van der Waals surface area contributed by atoms with Crippen molar-refractivity contribution in [2.24, 2.45) is 0 Å². The van der Waals surface area contributed by atoms with Gasteiger partial charge in [-0.25, -0.2) is 0 Å². The molecule has 3 heteroatoms. The molecule has 12 heavy (non-hydrogen) atoms. The van der Waals surface area contributed by atoms with Gasteiger partial charge in [-0.2, -0.15) is 0 Å². The van der Waals surface area contributed by atoms with Crippen molar-refractivity contribution in [3.8, 4) is 0 Å². The number of carbonyl (C=O) groups excluding carboxylic acids is 1. The van der Waals surface area contributed by atoms with Gasteiger partial charge < -0.3 is 4.90 Å². The van der Waals surface area contributed by atoms with Crippen LogP contribution in [-0.2, 0) is 4.79 Å². The van der Waals surface area contributed by atoms with Crippen LogP contribution in [0.25, 0.3) is 0 Å². The third kappa shape index (κ3) is 1.10. The van der Waals surface area contributed by atoms with Crippen LogP contribution < -0.4 is 4.90 Å². The minimum absolute atomic E-state index is 0.149. The van der Waals surface area contributed by atoms with E-state index in [1.54, 1.807) is 11.9 Å². The summed E-state index contributed by atoms with van der Waals surface area (Å²) in [6.07, 6.45) is 0. The van der Waals surface area contributed by atoms with Crippen LogP contribution in [0.3, 0.4) is 0 Å². The third-order valence-electron chi connectivity index (χ3n) is 1.84.